The Bertz CT molecular complexity index is 1420. The first-order valence-electron chi connectivity index (χ1n) is 14.8. The van der Waals surface area contributed by atoms with Crippen LogP contribution in [0.4, 0.5) is 5.69 Å². The highest BCUT2D eigenvalue weighted by atomic mass is 16.6. The molecule has 1 heterocycles. The van der Waals surface area contributed by atoms with Crippen LogP contribution in [0.2, 0.25) is 0 Å². The highest BCUT2D eigenvalue weighted by molar-refractivity contribution is 6.21. The Kier molecular flexibility index (Phi) is 13.9. The van der Waals surface area contributed by atoms with E-state index in [4.69, 9.17) is 23.7 Å². The van der Waals surface area contributed by atoms with E-state index in [1.54, 1.807) is 19.9 Å². The number of anilines is 1. The van der Waals surface area contributed by atoms with Crippen LogP contribution in [-0.2, 0) is 44.6 Å². The zero-order valence-electron chi connectivity index (χ0n) is 28.2. The van der Waals surface area contributed by atoms with Gasteiger partial charge in [0.25, 0.3) is 5.91 Å². The van der Waals surface area contributed by atoms with Gasteiger partial charge in [0, 0.05) is 58.1 Å². The van der Waals surface area contributed by atoms with Crippen molar-refractivity contribution in [3.05, 3.63) is 47.1 Å². The zero-order valence-corrected chi connectivity index (χ0v) is 28.2. The Labute approximate surface area is 270 Å². The molecule has 1 aliphatic heterocycles. The SMILES string of the molecule is COc1c(OC(C)=O)cc2c(O)c1C[C@@H](C)C[C@H](OC)[C@H](OC(C)=O)[C@@H](C)/C=C(\C)C(=O)[C@@H](OC)/C=C\C=C(/C)C(=O)N2C(C)=O. The van der Waals surface area contributed by atoms with Gasteiger partial charge in [-0.25, -0.2) is 4.90 Å². The van der Waals surface area contributed by atoms with Gasteiger partial charge in [-0.1, -0.05) is 32.1 Å². The molecular weight excluding hydrogens is 598 g/mol. The number of imide groups is 1. The molecule has 1 aliphatic rings. The molecule has 12 heteroatoms. The molecule has 0 aromatic heterocycles. The minimum atomic E-state index is -1.00. The molecule has 5 atom stereocenters. The Morgan fingerprint density at radius 2 is 1.61 bits per heavy atom. The number of phenolic OH excluding ortho intramolecular Hbond substituents is 1. The summed E-state index contributed by atoms with van der Waals surface area (Å²) in [5.74, 6) is -4.29. The van der Waals surface area contributed by atoms with Crippen molar-refractivity contribution < 1.29 is 52.8 Å². The summed E-state index contributed by atoms with van der Waals surface area (Å²) in [5.41, 5.74) is 0.424. The Hall–Kier alpha value is -4.29. The molecule has 252 valence electrons. The zero-order chi connectivity index (χ0) is 34.9. The van der Waals surface area contributed by atoms with Gasteiger partial charge in [0.05, 0.1) is 18.9 Å². The van der Waals surface area contributed by atoms with Crippen LogP contribution in [0.25, 0.3) is 0 Å². The summed E-state index contributed by atoms with van der Waals surface area (Å²) < 4.78 is 27.9. The molecule has 0 spiro atoms. The molecule has 0 saturated carbocycles. The van der Waals surface area contributed by atoms with Gasteiger partial charge < -0.3 is 28.8 Å². The number of carbonyl (C=O) groups excluding carboxylic acids is 5. The molecule has 12 nitrogen and oxygen atoms in total. The molecule has 0 fully saturated rings. The fraction of sp³-hybridized carbons (Fsp3) is 0.500. The first-order valence-corrected chi connectivity index (χ1v) is 14.8. The summed E-state index contributed by atoms with van der Waals surface area (Å²) in [6.07, 6.45) is 3.98. The largest absolute Gasteiger partial charge is 0.505 e. The quantitative estimate of drug-likeness (QED) is 0.358. The van der Waals surface area contributed by atoms with Crippen LogP contribution in [0.3, 0.4) is 0 Å². The van der Waals surface area contributed by atoms with Crippen LogP contribution in [-0.4, -0.2) is 74.3 Å². The van der Waals surface area contributed by atoms with E-state index in [1.807, 2.05) is 6.92 Å². The number of ether oxygens (including phenoxy) is 5. The predicted octanol–water partition coefficient (Wildman–Crippen LogP) is 4.40. The van der Waals surface area contributed by atoms with E-state index < -0.39 is 53.7 Å². The summed E-state index contributed by atoms with van der Waals surface area (Å²) in [4.78, 5) is 64.8. The number of fused-ring (bicyclic) bond motifs is 2. The van der Waals surface area contributed by atoms with Crippen molar-refractivity contribution in [2.75, 3.05) is 26.2 Å². The third-order valence-corrected chi connectivity index (χ3v) is 7.57. The van der Waals surface area contributed by atoms with Crippen LogP contribution >= 0.6 is 0 Å². The Morgan fingerprint density at radius 1 is 0.957 bits per heavy atom. The number of esters is 2. The third-order valence-electron chi connectivity index (χ3n) is 7.57. The summed E-state index contributed by atoms with van der Waals surface area (Å²) in [7, 11) is 4.18. The lowest BCUT2D eigenvalue weighted by Crippen LogP contribution is -2.38. The first kappa shape index (κ1) is 37.9. The van der Waals surface area contributed by atoms with Gasteiger partial charge in [-0.2, -0.15) is 0 Å². The maximum Gasteiger partial charge on any atom is 0.308 e. The number of carbonyl (C=O) groups is 5. The van der Waals surface area contributed by atoms with E-state index in [-0.39, 0.29) is 46.4 Å². The Balaban J connectivity index is 2.91. The van der Waals surface area contributed by atoms with Crippen LogP contribution < -0.4 is 14.4 Å². The van der Waals surface area contributed by atoms with E-state index in [9.17, 15) is 29.1 Å². The van der Waals surface area contributed by atoms with Crippen LogP contribution in [0.1, 0.15) is 60.5 Å². The van der Waals surface area contributed by atoms with Crippen molar-refractivity contribution in [2.45, 2.75) is 79.6 Å². The number of phenols is 1. The number of ketones is 1. The standard InChI is InChI=1S/C34H45NO11/c1-18-14-25-31(40)26(17-29(33(25)44-10)45-23(6)37)35(22(5)36)34(41)19(2)12-11-13-27(42-8)30(39)20(3)16-21(4)32(46-24(7)38)28(15-18)43-9/h11-13,16-18,21,27-28,32,40H,14-15H2,1-10H3/b13-11-,19-12+,20-16+/t18-,21+,27+,28+,32-/m1/s1. The molecule has 46 heavy (non-hydrogen) atoms. The van der Waals surface area contributed by atoms with Crippen molar-refractivity contribution in [1.29, 1.82) is 0 Å². The molecule has 0 radical (unpaired) electrons. The monoisotopic (exact) mass is 643 g/mol. The minimum absolute atomic E-state index is 0.0434. The molecule has 0 aliphatic carbocycles. The van der Waals surface area contributed by atoms with E-state index in [0.717, 1.165) is 11.8 Å². The maximum absolute atomic E-state index is 13.6. The minimum Gasteiger partial charge on any atom is -0.505 e. The fourth-order valence-corrected chi connectivity index (χ4v) is 5.43. The number of hydrogen-bond acceptors (Lipinski definition) is 11. The van der Waals surface area contributed by atoms with Crippen LogP contribution in [0, 0.1) is 11.8 Å². The lowest BCUT2D eigenvalue weighted by atomic mass is 9.87. The van der Waals surface area contributed by atoms with Crippen LogP contribution in [0.15, 0.2) is 41.5 Å². The van der Waals surface area contributed by atoms with Gasteiger partial charge in [-0.05, 0) is 44.3 Å². The average Bonchev–Trinajstić information content (AvgIpc) is 2.97. The Morgan fingerprint density at radius 3 is 2.13 bits per heavy atom. The third kappa shape index (κ3) is 9.37. The number of hydrogen-bond donors (Lipinski definition) is 1. The molecule has 1 N–H and O–H groups in total. The molecule has 2 rings (SSSR count). The highest BCUT2D eigenvalue weighted by Gasteiger charge is 2.34. The molecule has 1 aromatic carbocycles. The molecule has 2 bridgehead atoms. The number of amides is 2. The lowest BCUT2D eigenvalue weighted by Gasteiger charge is -2.31. The van der Waals surface area contributed by atoms with Gasteiger partial charge in [0.1, 0.15) is 18.0 Å². The number of Topliss-reactive ketones (excluding diaryl/α,β-unsaturated/α-hetero) is 1. The lowest BCUT2D eigenvalue weighted by molar-refractivity contribution is -0.157. The van der Waals surface area contributed by atoms with Crippen LogP contribution in [0.5, 0.6) is 17.2 Å². The number of nitrogens with zero attached hydrogens (tertiary/aromatic N) is 1. The summed E-state index contributed by atoms with van der Waals surface area (Å²) in [6, 6.07) is 1.19. The normalized spacial score (nSPS) is 26.3. The van der Waals surface area contributed by atoms with Gasteiger partial charge in [-0.15, -0.1) is 0 Å². The first-order chi connectivity index (χ1) is 21.6. The van der Waals surface area contributed by atoms with E-state index in [0.29, 0.717) is 12.0 Å². The average molecular weight is 644 g/mol. The van der Waals surface area contributed by atoms with Gasteiger partial charge in [0.2, 0.25) is 5.91 Å². The van der Waals surface area contributed by atoms with E-state index in [2.05, 4.69) is 0 Å². The predicted molar refractivity (Wildman–Crippen MR) is 170 cm³/mol. The van der Waals surface area contributed by atoms with Gasteiger partial charge >= 0.3 is 11.9 Å². The number of aromatic hydroxyl groups is 1. The van der Waals surface area contributed by atoms with Crippen molar-refractivity contribution >= 4 is 35.2 Å². The van der Waals surface area contributed by atoms with E-state index in [1.165, 1.54) is 66.4 Å². The number of methoxy groups -OCH3 is 3. The molecule has 2 amide bonds. The summed E-state index contributed by atoms with van der Waals surface area (Å²) in [5, 5.41) is 11.6. The number of benzene rings is 1. The van der Waals surface area contributed by atoms with Crippen molar-refractivity contribution in [2.24, 2.45) is 11.8 Å². The maximum atomic E-state index is 13.6. The van der Waals surface area contributed by atoms with Crippen molar-refractivity contribution in [3.8, 4) is 17.2 Å². The molecular formula is C34H45NO11. The summed E-state index contributed by atoms with van der Waals surface area (Å²) >= 11 is 0. The number of allylic oxidation sites excluding steroid dienone is 2. The van der Waals surface area contributed by atoms with Gasteiger partial charge in [-0.3, -0.25) is 24.0 Å². The van der Waals surface area contributed by atoms with Crippen molar-refractivity contribution in [3.63, 3.8) is 0 Å². The smallest absolute Gasteiger partial charge is 0.308 e. The van der Waals surface area contributed by atoms with Crippen molar-refractivity contribution in [1.82, 2.24) is 0 Å². The van der Waals surface area contributed by atoms with Gasteiger partial charge in [0.15, 0.2) is 17.3 Å². The topological polar surface area (TPSA) is 155 Å². The second-order valence-electron chi connectivity index (χ2n) is 11.4. The fourth-order valence-electron chi connectivity index (χ4n) is 5.43. The second-order valence-corrected chi connectivity index (χ2v) is 11.4. The highest BCUT2D eigenvalue weighted by Crippen LogP contribution is 2.46. The molecule has 0 saturated heterocycles. The summed E-state index contributed by atoms with van der Waals surface area (Å²) in [6.45, 7) is 10.4. The van der Waals surface area contributed by atoms with E-state index >= 15 is 0 Å². The molecule has 1 aromatic rings. The second kappa shape index (κ2) is 16.9. The molecule has 0 unspecified atom stereocenters. The number of rotatable bonds is 5.